The summed E-state index contributed by atoms with van der Waals surface area (Å²) in [5, 5.41) is 12.2. The maximum Gasteiger partial charge on any atom is 2.00 e. The van der Waals surface area contributed by atoms with E-state index >= 15 is 0 Å². The van der Waals surface area contributed by atoms with Crippen molar-refractivity contribution in [3.05, 3.63) is 0 Å². The van der Waals surface area contributed by atoms with Crippen LogP contribution in [-0.2, 0) is 29.1 Å². The first-order valence-electron chi connectivity index (χ1n) is 3.67. The molecule has 86 valence electrons. The fraction of sp³-hybridized carbons (Fsp3) is 0.714. The first kappa shape index (κ1) is 19.4. The van der Waals surface area contributed by atoms with Crippen LogP contribution in [0.5, 0.6) is 0 Å². The van der Waals surface area contributed by atoms with Crippen molar-refractivity contribution < 1.29 is 26.4 Å². The van der Waals surface area contributed by atoms with Crippen molar-refractivity contribution in [2.45, 2.75) is 32.7 Å². The van der Waals surface area contributed by atoms with Gasteiger partial charge in [-0.1, -0.05) is 11.2 Å². The number of carbonyl (C=O) groups excluding carboxylic acids is 1. The van der Waals surface area contributed by atoms with Crippen LogP contribution in [0.25, 0.3) is 0 Å². The van der Waals surface area contributed by atoms with Crippen LogP contribution in [0, 0.1) is 0 Å². The van der Waals surface area contributed by atoms with Crippen LogP contribution in [0.2, 0.25) is 0 Å². The Bertz CT molecular complexity index is 185. The SMILES string of the molecule is CCC(C)(C)NC(=O)[O-].NC(=S)[S-].[Ni+2]. The second-order valence-electron chi connectivity index (χ2n) is 2.97. The Labute approximate surface area is 105 Å². The van der Waals surface area contributed by atoms with Gasteiger partial charge in [0.15, 0.2) is 0 Å². The van der Waals surface area contributed by atoms with Gasteiger partial charge in [-0.25, -0.2) is 0 Å². The zero-order chi connectivity index (χ0) is 11.1. The minimum atomic E-state index is -1.21. The molecular weight excluding hydrogens is 267 g/mol. The van der Waals surface area contributed by atoms with Gasteiger partial charge in [-0.3, -0.25) is 0 Å². The van der Waals surface area contributed by atoms with Gasteiger partial charge in [0.1, 0.15) is 6.09 Å². The van der Waals surface area contributed by atoms with E-state index in [0.29, 0.717) is 0 Å². The summed E-state index contributed by atoms with van der Waals surface area (Å²) in [4.78, 5) is 9.95. The average Bonchev–Trinajstić information content (AvgIpc) is 1.83. The Hall–Kier alpha value is -0.126. The quantitative estimate of drug-likeness (QED) is 0.419. The number of carbonyl (C=O) groups is 1. The van der Waals surface area contributed by atoms with Crippen molar-refractivity contribution in [3.8, 4) is 0 Å². The molecule has 0 aliphatic heterocycles. The molecule has 0 aromatic heterocycles. The molecule has 14 heavy (non-hydrogen) atoms. The van der Waals surface area contributed by atoms with Crippen LogP contribution in [0.15, 0.2) is 0 Å². The van der Waals surface area contributed by atoms with Crippen molar-refractivity contribution in [1.82, 2.24) is 5.32 Å². The van der Waals surface area contributed by atoms with Crippen LogP contribution in [0.3, 0.4) is 0 Å². The second kappa shape index (κ2) is 9.43. The normalized spacial score (nSPS) is 8.79. The Morgan fingerprint density at radius 1 is 1.64 bits per heavy atom. The number of amides is 1. The van der Waals surface area contributed by atoms with Crippen molar-refractivity contribution in [3.63, 3.8) is 0 Å². The van der Waals surface area contributed by atoms with Gasteiger partial charge in [0.05, 0.1) is 0 Å². The topological polar surface area (TPSA) is 78.2 Å². The van der Waals surface area contributed by atoms with E-state index in [1.165, 1.54) is 0 Å². The summed E-state index contributed by atoms with van der Waals surface area (Å²) in [6.07, 6.45) is -0.442. The molecule has 0 aliphatic carbocycles. The molecule has 0 aromatic rings. The second-order valence-corrected chi connectivity index (χ2v) is 4.11. The molecule has 0 radical (unpaired) electrons. The van der Waals surface area contributed by atoms with E-state index in [4.69, 9.17) is 0 Å². The Morgan fingerprint density at radius 2 is 1.93 bits per heavy atom. The zero-order valence-corrected chi connectivity index (χ0v) is 10.9. The van der Waals surface area contributed by atoms with Gasteiger partial charge in [-0.2, -0.15) is 0 Å². The summed E-state index contributed by atoms with van der Waals surface area (Å²) in [6.45, 7) is 5.53. The van der Waals surface area contributed by atoms with Crippen LogP contribution in [-0.4, -0.2) is 16.0 Å². The number of nitrogens with one attached hydrogen (secondary N) is 1. The smallest absolute Gasteiger partial charge is 0.530 e. The van der Waals surface area contributed by atoms with Crippen LogP contribution < -0.4 is 16.2 Å². The van der Waals surface area contributed by atoms with Gasteiger partial charge in [0.2, 0.25) is 0 Å². The summed E-state index contributed by atoms with van der Waals surface area (Å²) < 4.78 is 0.0833. The molecule has 0 saturated heterocycles. The predicted octanol–water partition coefficient (Wildman–Crippen LogP) is -0.118. The molecule has 0 bridgehead atoms. The maximum atomic E-state index is 9.95. The minimum Gasteiger partial charge on any atom is -0.530 e. The molecule has 0 saturated carbocycles. The van der Waals surface area contributed by atoms with Crippen molar-refractivity contribution >= 4 is 35.3 Å². The summed E-state index contributed by atoms with van der Waals surface area (Å²) >= 11 is 8.26. The van der Waals surface area contributed by atoms with Gasteiger partial charge in [0.25, 0.3) is 0 Å². The first-order valence-corrected chi connectivity index (χ1v) is 4.48. The Kier molecular flexibility index (Phi) is 13.1. The molecule has 0 rings (SSSR count). The van der Waals surface area contributed by atoms with Gasteiger partial charge >= 0.3 is 16.5 Å². The van der Waals surface area contributed by atoms with E-state index in [1.807, 2.05) is 20.8 Å². The summed E-state index contributed by atoms with van der Waals surface area (Å²) in [6, 6.07) is 0. The molecule has 0 aromatic carbocycles. The number of hydrogen-bond acceptors (Lipinski definition) is 4. The fourth-order valence-electron chi connectivity index (χ4n) is 0.365. The molecule has 0 heterocycles. The van der Waals surface area contributed by atoms with Gasteiger partial charge < -0.3 is 45.8 Å². The standard InChI is InChI=1S/C6H13NO2.CH3NS2.Ni/c1-4-6(2,3)7-5(8)9;2-1(3)4;/h7H,4H2,1-3H3,(H,8,9);(H3,2,3,4);/q;;+2/p-2. The molecule has 4 nitrogen and oxygen atoms in total. The van der Waals surface area contributed by atoms with E-state index in [1.54, 1.807) is 0 Å². The molecule has 0 aliphatic rings. The number of hydrogen-bond donors (Lipinski definition) is 2. The van der Waals surface area contributed by atoms with Gasteiger partial charge in [-0.05, 0) is 20.3 Å². The molecular formula is C7H14N2NiO2S2. The third-order valence-electron chi connectivity index (χ3n) is 1.32. The fourth-order valence-corrected chi connectivity index (χ4v) is 0.365. The summed E-state index contributed by atoms with van der Waals surface area (Å²) in [5.74, 6) is 0. The number of thiocarbonyl (C=S) groups is 1. The summed E-state index contributed by atoms with van der Waals surface area (Å²) in [7, 11) is 0. The van der Waals surface area contributed by atoms with Crippen molar-refractivity contribution in [1.29, 1.82) is 0 Å². The van der Waals surface area contributed by atoms with Crippen LogP contribution >= 0.6 is 12.2 Å². The van der Waals surface area contributed by atoms with Crippen LogP contribution in [0.4, 0.5) is 4.79 Å². The third-order valence-corrected chi connectivity index (χ3v) is 1.32. The number of carboxylic acid groups (broad SMARTS) is 1. The molecule has 1 amide bonds. The van der Waals surface area contributed by atoms with Crippen LogP contribution in [0.1, 0.15) is 27.2 Å². The summed E-state index contributed by atoms with van der Waals surface area (Å²) in [5.41, 5.74) is 4.31. The van der Waals surface area contributed by atoms with E-state index in [2.05, 4.69) is 35.9 Å². The zero-order valence-electron chi connectivity index (χ0n) is 8.23. The van der Waals surface area contributed by atoms with Gasteiger partial charge in [-0.15, -0.1) is 0 Å². The van der Waals surface area contributed by atoms with Crippen molar-refractivity contribution in [2.24, 2.45) is 5.73 Å². The molecule has 0 atom stereocenters. The molecule has 3 N–H and O–H groups in total. The number of rotatable bonds is 2. The Balaban J connectivity index is -0.000000209. The maximum absolute atomic E-state index is 9.95. The van der Waals surface area contributed by atoms with E-state index < -0.39 is 6.09 Å². The largest absolute Gasteiger partial charge is 2.00 e. The minimum absolute atomic E-state index is 0. The molecule has 0 spiro atoms. The average molecular weight is 281 g/mol. The molecule has 0 unspecified atom stereocenters. The number of nitrogens with two attached hydrogens (primary N) is 1. The van der Waals surface area contributed by atoms with Crippen molar-refractivity contribution in [2.75, 3.05) is 0 Å². The third kappa shape index (κ3) is 22.6. The van der Waals surface area contributed by atoms with E-state index in [0.717, 1.165) is 6.42 Å². The molecule has 0 fully saturated rings. The predicted molar refractivity (Wildman–Crippen MR) is 57.1 cm³/mol. The molecule has 7 heteroatoms. The first-order chi connectivity index (χ1) is 5.71. The van der Waals surface area contributed by atoms with E-state index in [-0.39, 0.29) is 26.4 Å². The Morgan fingerprint density at radius 3 is 2.00 bits per heavy atom. The van der Waals surface area contributed by atoms with E-state index in [9.17, 15) is 9.90 Å². The van der Waals surface area contributed by atoms with Gasteiger partial charge in [0, 0.05) is 5.54 Å². The monoisotopic (exact) mass is 280 g/mol.